The molecule has 0 aromatic rings. The summed E-state index contributed by atoms with van der Waals surface area (Å²) in [4.78, 5) is 0. The van der Waals surface area contributed by atoms with Gasteiger partial charge < -0.3 is 72.3 Å². The van der Waals surface area contributed by atoms with E-state index in [2.05, 4.69) is 37.9 Å². The Kier molecular flexibility index (Phi) is 211. The first-order chi connectivity index (χ1) is 9.99. The fourth-order valence-electron chi connectivity index (χ4n) is 0. The number of nitrogens with two attached hydrogens (primary N) is 6. The molecule has 22 heavy (non-hydrogen) atoms. The molecule has 0 saturated carbocycles. The van der Waals surface area contributed by atoms with Gasteiger partial charge in [0, 0.05) is 39.3 Å². The summed E-state index contributed by atoms with van der Waals surface area (Å²) in [6.07, 6.45) is 0. The van der Waals surface area contributed by atoms with Crippen molar-refractivity contribution in [3.8, 4) is 16.2 Å². The maximum Gasteiger partial charge on any atom is 3.00 e. The van der Waals surface area contributed by atoms with E-state index in [9.17, 15) is 0 Å². The molecule has 0 aromatic heterocycles. The summed E-state index contributed by atoms with van der Waals surface area (Å²) in [5.41, 5.74) is 29.4. The molecule has 0 atom stereocenters. The molecule has 0 heterocycles. The van der Waals surface area contributed by atoms with Crippen molar-refractivity contribution in [2.24, 2.45) is 34.4 Å². The van der Waals surface area contributed by atoms with Gasteiger partial charge in [0.25, 0.3) is 0 Å². The van der Waals surface area contributed by atoms with Crippen molar-refractivity contribution in [1.29, 1.82) is 15.8 Å². The van der Waals surface area contributed by atoms with Gasteiger partial charge in [0.2, 0.25) is 0 Å². The number of thiocyanates is 3. The molecule has 0 radical (unpaired) electrons. The molecule has 13 heteroatoms. The van der Waals surface area contributed by atoms with Crippen LogP contribution in [0.3, 0.4) is 0 Å². The van der Waals surface area contributed by atoms with Crippen LogP contribution < -0.4 is 34.4 Å². The van der Waals surface area contributed by atoms with Gasteiger partial charge in [0.05, 0.1) is 0 Å². The van der Waals surface area contributed by atoms with E-state index in [0.29, 0.717) is 39.3 Å². The topological polar surface area (TPSA) is 227 Å². The summed E-state index contributed by atoms with van der Waals surface area (Å²) in [5.74, 6) is 0. The van der Waals surface area contributed by atoms with E-state index in [1.807, 2.05) is 0 Å². The summed E-state index contributed by atoms with van der Waals surface area (Å²) < 4.78 is 0. The average molecular weight is 457 g/mol. The third kappa shape index (κ3) is 1060. The molecule has 0 fully saturated rings. The van der Waals surface area contributed by atoms with E-state index >= 15 is 0 Å². The second-order valence-electron chi connectivity index (χ2n) is 2.01. The largest absolute Gasteiger partial charge is 3.00 e. The van der Waals surface area contributed by atoms with Crippen LogP contribution in [-0.2, 0) is 57.4 Å². The first-order valence-corrected chi connectivity index (χ1v) is 6.46. The molecule has 9 nitrogen and oxygen atoms in total. The molecule has 132 valence electrons. The summed E-state index contributed by atoms with van der Waals surface area (Å²) in [7, 11) is 0. The number of nitrogens with zero attached hydrogens (tertiary/aromatic N) is 3. The van der Waals surface area contributed by atoms with Crippen molar-refractivity contribution >= 4 is 37.9 Å². The molecule has 0 aliphatic heterocycles. The summed E-state index contributed by atoms with van der Waals surface area (Å²) >= 11 is 11.1. The molecular weight excluding hydrogens is 433 g/mol. The van der Waals surface area contributed by atoms with E-state index in [4.69, 9.17) is 50.2 Å². The van der Waals surface area contributed by atoms with Gasteiger partial charge in [0.15, 0.2) is 0 Å². The van der Waals surface area contributed by atoms with Crippen LogP contribution in [0.25, 0.3) is 0 Å². The first-order valence-electron chi connectivity index (χ1n) is 5.23. The molecule has 0 unspecified atom stereocenters. The Labute approximate surface area is 162 Å². The van der Waals surface area contributed by atoms with Gasteiger partial charge >= 0.3 is 19.5 Å². The Hall–Kier alpha value is -0.487. The van der Waals surface area contributed by atoms with Crippen molar-refractivity contribution in [1.82, 2.24) is 0 Å². The zero-order valence-electron chi connectivity index (χ0n) is 12.1. The normalized spacial score (nSPS) is 5.05. The Morgan fingerprint density at radius 3 is 0.545 bits per heavy atom. The van der Waals surface area contributed by atoms with Gasteiger partial charge in [-0.3, -0.25) is 0 Å². The SMILES string of the molecule is N#C[S-].N#C[S-].N#C[S-].NCCN.NCCN.NCCN.[Rh+3]. The fourth-order valence-corrected chi connectivity index (χ4v) is 0. The second kappa shape index (κ2) is 108. The monoisotopic (exact) mass is 457 g/mol. The molecule has 0 aliphatic carbocycles. The van der Waals surface area contributed by atoms with Crippen molar-refractivity contribution in [2.45, 2.75) is 0 Å². The molecule has 0 rings (SSSR count). The van der Waals surface area contributed by atoms with Gasteiger partial charge in [-0.15, -0.1) is 0 Å². The number of hydrogen-bond donors (Lipinski definition) is 6. The summed E-state index contributed by atoms with van der Waals surface area (Å²) in [6.45, 7) is 3.58. The van der Waals surface area contributed by atoms with Crippen LogP contribution in [0.2, 0.25) is 0 Å². The fraction of sp³-hybridized carbons (Fsp3) is 0.667. The van der Waals surface area contributed by atoms with Crippen LogP contribution in [0.15, 0.2) is 0 Å². The zero-order valence-corrected chi connectivity index (χ0v) is 16.2. The van der Waals surface area contributed by atoms with Crippen molar-refractivity contribution in [3.63, 3.8) is 0 Å². The Morgan fingerprint density at radius 1 is 0.500 bits per heavy atom. The van der Waals surface area contributed by atoms with Gasteiger partial charge in [-0.1, -0.05) is 16.2 Å². The van der Waals surface area contributed by atoms with Gasteiger partial charge in [-0.25, -0.2) is 15.8 Å². The van der Waals surface area contributed by atoms with Crippen LogP contribution in [0.1, 0.15) is 0 Å². The summed E-state index contributed by atoms with van der Waals surface area (Å²) in [6, 6.07) is 0. The van der Waals surface area contributed by atoms with Crippen molar-refractivity contribution in [3.05, 3.63) is 0 Å². The summed E-state index contributed by atoms with van der Waals surface area (Å²) in [5, 5.41) is 25.4. The quantitative estimate of drug-likeness (QED) is 0.139. The predicted octanol–water partition coefficient (Wildman–Crippen LogP) is -3.25. The molecule has 0 amide bonds. The Morgan fingerprint density at radius 2 is 0.545 bits per heavy atom. The molecule has 0 saturated heterocycles. The second-order valence-corrected chi connectivity index (χ2v) is 2.55. The number of nitriles is 3. The van der Waals surface area contributed by atoms with E-state index in [0.717, 1.165) is 0 Å². The van der Waals surface area contributed by atoms with Crippen LogP contribution in [0, 0.1) is 32.0 Å². The Bertz CT molecular complexity index is 184. The van der Waals surface area contributed by atoms with E-state index in [-0.39, 0.29) is 19.5 Å². The van der Waals surface area contributed by atoms with E-state index in [1.54, 1.807) is 0 Å². The minimum Gasteiger partial charge on any atom is -0.696 e. The molecule has 0 aliphatic rings. The van der Waals surface area contributed by atoms with Crippen LogP contribution in [-0.4, -0.2) is 39.3 Å². The van der Waals surface area contributed by atoms with Gasteiger partial charge in [-0.05, 0) is 0 Å². The molecule has 0 aromatic carbocycles. The maximum absolute atomic E-state index is 7.13. The van der Waals surface area contributed by atoms with E-state index in [1.165, 1.54) is 16.2 Å². The van der Waals surface area contributed by atoms with Gasteiger partial charge in [0.1, 0.15) is 0 Å². The van der Waals surface area contributed by atoms with Crippen molar-refractivity contribution in [2.75, 3.05) is 39.3 Å². The molecule has 0 bridgehead atoms. The van der Waals surface area contributed by atoms with E-state index < -0.39 is 0 Å². The zero-order chi connectivity index (χ0) is 18.4. The van der Waals surface area contributed by atoms with Crippen LogP contribution >= 0.6 is 0 Å². The smallest absolute Gasteiger partial charge is 0.696 e. The number of rotatable bonds is 3. The third-order valence-electron chi connectivity index (χ3n) is 0.500. The van der Waals surface area contributed by atoms with Gasteiger partial charge in [-0.2, -0.15) is 0 Å². The standard InChI is InChI=1S/3C2H8N2.3CHNS.Rh/c3*3-1-2-4;3*2-1-3;/h3*1-4H2;3*3H;/q;;;;;;+3/p-3. The Balaban J connectivity index is -0.0000000245. The average Bonchev–Trinajstić information content (AvgIpc) is 2.50. The predicted molar refractivity (Wildman–Crippen MR) is 93.3 cm³/mol. The molecular formula is C9H24N9RhS3. The van der Waals surface area contributed by atoms with Crippen LogP contribution in [0.4, 0.5) is 0 Å². The van der Waals surface area contributed by atoms with Crippen molar-refractivity contribution < 1.29 is 19.5 Å². The minimum atomic E-state index is 0. The molecule has 12 N–H and O–H groups in total. The maximum atomic E-state index is 7.13. The minimum absolute atomic E-state index is 0. The first kappa shape index (κ1) is 43.0. The van der Waals surface area contributed by atoms with Crippen LogP contribution in [0.5, 0.6) is 0 Å². The molecule has 0 spiro atoms. The third-order valence-corrected chi connectivity index (χ3v) is 0.500. The number of hydrogen-bond acceptors (Lipinski definition) is 12.